The number of amides is 1. The molecule has 1 atom stereocenters. The lowest BCUT2D eigenvalue weighted by Crippen LogP contribution is -2.35. The number of hydrogen-bond acceptors (Lipinski definition) is 5. The molecule has 2 aromatic heterocycles. The second kappa shape index (κ2) is 8.00. The van der Waals surface area contributed by atoms with Gasteiger partial charge in [-0.25, -0.2) is 9.67 Å². The van der Waals surface area contributed by atoms with Crippen LogP contribution in [0.5, 0.6) is 0 Å². The fraction of sp³-hybridized carbons (Fsp3) is 0.312. The van der Waals surface area contributed by atoms with Crippen molar-refractivity contribution >= 4 is 5.91 Å². The maximum absolute atomic E-state index is 12.6. The summed E-state index contributed by atoms with van der Waals surface area (Å²) >= 11 is 0. The van der Waals surface area contributed by atoms with Crippen LogP contribution in [0.15, 0.2) is 55.4 Å². The lowest BCUT2D eigenvalue weighted by Gasteiger charge is -2.16. The number of aryl methyl sites for hydroxylation is 1. The Morgan fingerprint density at radius 3 is 2.79 bits per heavy atom. The summed E-state index contributed by atoms with van der Waals surface area (Å²) in [6.07, 6.45) is 8.25. The van der Waals surface area contributed by atoms with Crippen LogP contribution in [0.25, 0.3) is 0 Å². The molecule has 0 saturated carbocycles. The quantitative estimate of drug-likeness (QED) is 0.620. The molecule has 24 heavy (non-hydrogen) atoms. The average molecular weight is 325 g/mol. The minimum absolute atomic E-state index is 0.0863. The maximum Gasteiger partial charge on any atom is 0.245 e. The predicted octanol–water partition coefficient (Wildman–Crippen LogP) is 0.860. The van der Waals surface area contributed by atoms with E-state index >= 15 is 0 Å². The number of nitrogens with one attached hydrogen (secondary N) is 1. The smallest absolute Gasteiger partial charge is 0.245 e. The van der Waals surface area contributed by atoms with Crippen molar-refractivity contribution in [3.05, 3.63) is 60.9 Å². The van der Waals surface area contributed by atoms with E-state index in [1.807, 2.05) is 41.1 Å². The van der Waals surface area contributed by atoms with Gasteiger partial charge in [-0.05, 0) is 22.4 Å². The monoisotopic (exact) mass is 325 g/mol. The van der Waals surface area contributed by atoms with E-state index in [9.17, 15) is 4.79 Å². The normalized spacial score (nSPS) is 12.0. The number of imidazole rings is 1. The Morgan fingerprint density at radius 2 is 2.08 bits per heavy atom. The number of carbonyl (C=O) groups excluding carboxylic acids is 1. The van der Waals surface area contributed by atoms with Crippen LogP contribution < -0.4 is 5.32 Å². The number of aromatic nitrogens is 6. The first-order chi connectivity index (χ1) is 11.8. The molecule has 1 unspecified atom stereocenters. The molecule has 8 heteroatoms. The fourth-order valence-corrected chi connectivity index (χ4v) is 2.46. The van der Waals surface area contributed by atoms with Gasteiger partial charge >= 0.3 is 0 Å². The summed E-state index contributed by atoms with van der Waals surface area (Å²) in [4.78, 5) is 16.6. The Hall–Kier alpha value is -3.03. The Labute approximate surface area is 139 Å². The van der Waals surface area contributed by atoms with E-state index in [0.717, 1.165) is 18.5 Å². The summed E-state index contributed by atoms with van der Waals surface area (Å²) < 4.78 is 3.48. The Morgan fingerprint density at radius 1 is 1.21 bits per heavy atom. The molecule has 0 aliphatic carbocycles. The van der Waals surface area contributed by atoms with Crippen molar-refractivity contribution in [2.45, 2.75) is 25.4 Å². The van der Waals surface area contributed by atoms with Crippen molar-refractivity contribution in [1.29, 1.82) is 0 Å². The molecule has 3 aromatic rings. The highest BCUT2D eigenvalue weighted by Gasteiger charge is 2.21. The van der Waals surface area contributed by atoms with E-state index in [0.29, 0.717) is 13.0 Å². The molecule has 1 N–H and O–H groups in total. The molecule has 0 saturated heterocycles. The molecule has 8 nitrogen and oxygen atoms in total. The zero-order valence-corrected chi connectivity index (χ0v) is 13.2. The van der Waals surface area contributed by atoms with Crippen molar-refractivity contribution in [2.24, 2.45) is 0 Å². The van der Waals surface area contributed by atoms with Crippen LogP contribution in [-0.2, 0) is 17.8 Å². The van der Waals surface area contributed by atoms with E-state index < -0.39 is 6.04 Å². The zero-order chi connectivity index (χ0) is 16.6. The highest BCUT2D eigenvalue weighted by atomic mass is 16.2. The predicted molar refractivity (Wildman–Crippen MR) is 86.9 cm³/mol. The van der Waals surface area contributed by atoms with Crippen LogP contribution in [0.2, 0.25) is 0 Å². The minimum atomic E-state index is -0.462. The van der Waals surface area contributed by atoms with Crippen LogP contribution in [-0.4, -0.2) is 42.2 Å². The molecule has 0 aliphatic heterocycles. The van der Waals surface area contributed by atoms with E-state index in [1.54, 1.807) is 12.5 Å². The standard InChI is InChI=1S/C16H19N7O/c24-16(18-7-4-9-22-10-8-17-12-22)15(23-13-19-20-21-23)11-14-5-2-1-3-6-14/h1-3,5-6,8,10,12-13,15H,4,7,9,11H2,(H,18,24). The summed E-state index contributed by atoms with van der Waals surface area (Å²) in [5, 5.41) is 14.1. The molecule has 1 aromatic carbocycles. The van der Waals surface area contributed by atoms with Crippen LogP contribution in [0.4, 0.5) is 0 Å². The summed E-state index contributed by atoms with van der Waals surface area (Å²) in [5.74, 6) is -0.0863. The van der Waals surface area contributed by atoms with Crippen LogP contribution >= 0.6 is 0 Å². The van der Waals surface area contributed by atoms with E-state index in [4.69, 9.17) is 0 Å². The number of rotatable bonds is 8. The maximum atomic E-state index is 12.6. The molecular formula is C16H19N7O. The summed E-state index contributed by atoms with van der Waals surface area (Å²) in [6, 6.07) is 9.37. The van der Waals surface area contributed by atoms with E-state index in [2.05, 4.69) is 25.8 Å². The third kappa shape index (κ3) is 4.25. The van der Waals surface area contributed by atoms with Crippen molar-refractivity contribution in [2.75, 3.05) is 6.54 Å². The van der Waals surface area contributed by atoms with Crippen molar-refractivity contribution < 1.29 is 4.79 Å². The Bertz CT molecular complexity index is 725. The highest BCUT2D eigenvalue weighted by molar-refractivity contribution is 5.80. The van der Waals surface area contributed by atoms with Crippen molar-refractivity contribution in [1.82, 2.24) is 35.1 Å². The van der Waals surface area contributed by atoms with Crippen LogP contribution in [0, 0.1) is 0 Å². The number of nitrogens with zero attached hydrogens (tertiary/aromatic N) is 6. The number of carbonyl (C=O) groups is 1. The summed E-state index contributed by atoms with van der Waals surface area (Å²) in [5.41, 5.74) is 1.06. The molecule has 3 rings (SSSR count). The van der Waals surface area contributed by atoms with Gasteiger partial charge in [-0.15, -0.1) is 5.10 Å². The molecule has 2 heterocycles. The van der Waals surface area contributed by atoms with Gasteiger partial charge in [0.05, 0.1) is 6.33 Å². The van der Waals surface area contributed by atoms with Crippen LogP contribution in [0.1, 0.15) is 18.0 Å². The van der Waals surface area contributed by atoms with Gasteiger partial charge in [-0.3, -0.25) is 4.79 Å². The van der Waals surface area contributed by atoms with Gasteiger partial charge in [0.25, 0.3) is 0 Å². The topological polar surface area (TPSA) is 90.5 Å². The summed E-state index contributed by atoms with van der Waals surface area (Å²) in [7, 11) is 0. The van der Waals surface area contributed by atoms with Gasteiger partial charge in [-0.2, -0.15) is 0 Å². The third-order valence-electron chi connectivity index (χ3n) is 3.71. The Kier molecular flexibility index (Phi) is 5.28. The van der Waals surface area contributed by atoms with Crippen molar-refractivity contribution in [3.8, 4) is 0 Å². The molecule has 1 amide bonds. The van der Waals surface area contributed by atoms with E-state index in [1.165, 1.54) is 11.0 Å². The Balaban J connectivity index is 1.57. The molecule has 124 valence electrons. The van der Waals surface area contributed by atoms with Crippen molar-refractivity contribution in [3.63, 3.8) is 0 Å². The lowest BCUT2D eigenvalue weighted by molar-refractivity contribution is -0.124. The number of hydrogen-bond donors (Lipinski definition) is 1. The zero-order valence-electron chi connectivity index (χ0n) is 13.2. The highest BCUT2D eigenvalue weighted by Crippen LogP contribution is 2.13. The largest absolute Gasteiger partial charge is 0.354 e. The first kappa shape index (κ1) is 15.9. The second-order valence-corrected chi connectivity index (χ2v) is 5.44. The first-order valence-electron chi connectivity index (χ1n) is 7.83. The van der Waals surface area contributed by atoms with Gasteiger partial charge in [0, 0.05) is 31.9 Å². The molecule has 0 bridgehead atoms. The summed E-state index contributed by atoms with van der Waals surface area (Å²) in [6.45, 7) is 1.40. The lowest BCUT2D eigenvalue weighted by atomic mass is 10.1. The van der Waals surface area contributed by atoms with E-state index in [-0.39, 0.29) is 5.91 Å². The van der Waals surface area contributed by atoms with Gasteiger partial charge in [-0.1, -0.05) is 30.3 Å². The van der Waals surface area contributed by atoms with Crippen LogP contribution in [0.3, 0.4) is 0 Å². The fourth-order valence-electron chi connectivity index (χ4n) is 2.46. The molecule has 0 fully saturated rings. The van der Waals surface area contributed by atoms with Gasteiger partial charge in [0.1, 0.15) is 12.4 Å². The molecular weight excluding hydrogens is 306 g/mol. The first-order valence-corrected chi connectivity index (χ1v) is 7.83. The molecule has 0 spiro atoms. The average Bonchev–Trinajstić information content (AvgIpc) is 3.31. The molecule has 0 radical (unpaired) electrons. The number of benzene rings is 1. The molecule has 0 aliphatic rings. The third-order valence-corrected chi connectivity index (χ3v) is 3.71. The van der Waals surface area contributed by atoms with Gasteiger partial charge < -0.3 is 9.88 Å². The van der Waals surface area contributed by atoms with Gasteiger partial charge in [0.2, 0.25) is 5.91 Å². The minimum Gasteiger partial charge on any atom is -0.354 e. The van der Waals surface area contributed by atoms with Gasteiger partial charge in [0.15, 0.2) is 0 Å². The number of tetrazole rings is 1. The second-order valence-electron chi connectivity index (χ2n) is 5.44. The SMILES string of the molecule is O=C(NCCCn1ccnc1)C(Cc1ccccc1)n1cnnn1.